The molecule has 0 spiro atoms. The number of aromatic hydroxyl groups is 1. The molecule has 4 N–H and O–H groups in total. The Morgan fingerprint density at radius 3 is 2.38 bits per heavy atom. The van der Waals surface area contributed by atoms with Crippen molar-refractivity contribution < 1.29 is 24.9 Å². The summed E-state index contributed by atoms with van der Waals surface area (Å²) < 4.78 is 0. The van der Waals surface area contributed by atoms with Gasteiger partial charge in [0.15, 0.2) is 0 Å². The number of nitrogens with one attached hydrogen (secondary N) is 1. The maximum Gasteiger partial charge on any atom is 0.328 e. The zero-order chi connectivity index (χ0) is 17.5. The number of nitrogens with zero attached hydrogens (tertiary/aromatic N) is 1. The lowest BCUT2D eigenvalue weighted by molar-refractivity contribution is -0.134. The first-order valence-corrected chi connectivity index (χ1v) is 7.61. The van der Waals surface area contributed by atoms with E-state index in [9.17, 15) is 14.7 Å². The molecule has 1 aliphatic rings. The Bertz CT molecular complexity index is 731. The number of benzene rings is 1. The van der Waals surface area contributed by atoms with E-state index < -0.39 is 11.9 Å². The summed E-state index contributed by atoms with van der Waals surface area (Å²) in [5.41, 5.74) is 2.25. The number of hydrogen-bond donors (Lipinski definition) is 4. The largest absolute Gasteiger partial charge is 0.507 e. The maximum absolute atomic E-state index is 9.84. The van der Waals surface area contributed by atoms with Crippen molar-refractivity contribution in [1.29, 1.82) is 0 Å². The molecule has 0 bridgehead atoms. The summed E-state index contributed by atoms with van der Waals surface area (Å²) in [5.74, 6) is -2.13. The Labute approximate surface area is 138 Å². The number of hydrogen-bond acceptors (Lipinski definition) is 4. The zero-order valence-electron chi connectivity index (χ0n) is 13.1. The number of aromatic nitrogens is 1. The van der Waals surface area contributed by atoms with Gasteiger partial charge in [0.2, 0.25) is 0 Å². The summed E-state index contributed by atoms with van der Waals surface area (Å²) in [7, 11) is 0. The zero-order valence-corrected chi connectivity index (χ0v) is 13.1. The number of carboxylic acid groups (broad SMARTS) is 2. The molecule has 2 aromatic rings. The molecule has 0 atom stereocenters. The Balaban J connectivity index is 0.000000224. The highest BCUT2D eigenvalue weighted by atomic mass is 16.4. The number of carbonyl (C=O) groups is 2. The molecule has 24 heavy (non-hydrogen) atoms. The van der Waals surface area contributed by atoms with Crippen LogP contribution in [0.4, 0.5) is 0 Å². The molecule has 128 valence electrons. The minimum atomic E-state index is -1.26. The van der Waals surface area contributed by atoms with Gasteiger partial charge in [-0.3, -0.25) is 0 Å². The normalized spacial score (nSPS) is 14.2. The Hall–Kier alpha value is -2.80. The predicted molar refractivity (Wildman–Crippen MR) is 89.1 cm³/mol. The van der Waals surface area contributed by atoms with E-state index >= 15 is 0 Å². The molecular weight excluding hydrogens is 312 g/mol. The third-order valence-corrected chi connectivity index (χ3v) is 3.78. The van der Waals surface area contributed by atoms with E-state index in [1.807, 2.05) is 18.3 Å². The van der Waals surface area contributed by atoms with Crippen molar-refractivity contribution in [2.45, 2.75) is 12.8 Å². The number of phenolic OH excluding ortho intramolecular Hbond substituents is 1. The van der Waals surface area contributed by atoms with Crippen molar-refractivity contribution in [2.75, 3.05) is 19.6 Å². The van der Waals surface area contributed by atoms with Gasteiger partial charge < -0.3 is 25.2 Å². The first-order chi connectivity index (χ1) is 11.5. The predicted octanol–water partition coefficient (Wildman–Crippen LogP) is 1.83. The summed E-state index contributed by atoms with van der Waals surface area (Å²) >= 11 is 0. The molecule has 0 amide bonds. The number of aliphatic carboxylic acids is 2. The number of rotatable bonds is 5. The summed E-state index contributed by atoms with van der Waals surface area (Å²) in [6, 6.07) is 5.62. The lowest BCUT2D eigenvalue weighted by Crippen LogP contribution is -2.38. The van der Waals surface area contributed by atoms with Gasteiger partial charge >= 0.3 is 11.9 Å². The van der Waals surface area contributed by atoms with Crippen LogP contribution in [0.5, 0.6) is 5.75 Å². The Morgan fingerprint density at radius 1 is 1.17 bits per heavy atom. The van der Waals surface area contributed by atoms with Crippen LogP contribution in [0.2, 0.25) is 0 Å². The number of fused-ring (bicyclic) bond motifs is 1. The molecule has 1 saturated heterocycles. The van der Waals surface area contributed by atoms with Crippen molar-refractivity contribution in [3.8, 4) is 5.75 Å². The smallest absolute Gasteiger partial charge is 0.328 e. The molecule has 3 rings (SSSR count). The average Bonchev–Trinajstić information content (AvgIpc) is 2.89. The topological polar surface area (TPSA) is 114 Å². The quantitative estimate of drug-likeness (QED) is 0.621. The molecule has 0 radical (unpaired) electrons. The number of carboxylic acids is 2. The maximum atomic E-state index is 9.84. The van der Waals surface area contributed by atoms with E-state index in [1.54, 1.807) is 6.07 Å². The standard InChI is InChI=1S/C13H16N2O.C4H4O4/c16-12-4-1-3-11-13(12)10(9-14-11)5-8-15-6-2-7-15;5-3(6)1-2-4(7)8/h1,3-4,9,14,16H,2,5-8H2;1-2H,(H,5,6)(H,7,8)/b;2-1+. The van der Waals surface area contributed by atoms with Crippen molar-refractivity contribution in [3.05, 3.63) is 42.1 Å². The molecule has 0 saturated carbocycles. The van der Waals surface area contributed by atoms with E-state index in [1.165, 1.54) is 25.1 Å². The average molecular weight is 332 g/mol. The monoisotopic (exact) mass is 332 g/mol. The second kappa shape index (κ2) is 8.16. The van der Waals surface area contributed by atoms with Gasteiger partial charge in [0, 0.05) is 35.8 Å². The van der Waals surface area contributed by atoms with Gasteiger partial charge in [-0.15, -0.1) is 0 Å². The minimum absolute atomic E-state index is 0.386. The molecule has 1 aliphatic heterocycles. The molecule has 7 nitrogen and oxygen atoms in total. The van der Waals surface area contributed by atoms with Crippen molar-refractivity contribution >= 4 is 22.8 Å². The van der Waals surface area contributed by atoms with Crippen LogP contribution in [0.25, 0.3) is 10.9 Å². The fourth-order valence-electron chi connectivity index (χ4n) is 2.46. The van der Waals surface area contributed by atoms with Crippen LogP contribution in [0.3, 0.4) is 0 Å². The second-order valence-corrected chi connectivity index (χ2v) is 5.47. The highest BCUT2D eigenvalue weighted by Gasteiger charge is 2.14. The minimum Gasteiger partial charge on any atom is -0.507 e. The second-order valence-electron chi connectivity index (χ2n) is 5.47. The summed E-state index contributed by atoms with van der Waals surface area (Å²) in [5, 5.41) is 26.5. The number of phenols is 1. The van der Waals surface area contributed by atoms with Crippen LogP contribution in [-0.4, -0.2) is 56.8 Å². The molecular formula is C17H20N2O5. The van der Waals surface area contributed by atoms with Gasteiger partial charge in [-0.1, -0.05) is 6.07 Å². The van der Waals surface area contributed by atoms with E-state index in [-0.39, 0.29) is 0 Å². The molecule has 7 heteroatoms. The first kappa shape index (κ1) is 17.6. The molecule has 0 aliphatic carbocycles. The lowest BCUT2D eigenvalue weighted by Gasteiger charge is -2.30. The highest BCUT2D eigenvalue weighted by molar-refractivity contribution is 5.90. The SMILES string of the molecule is O=C(O)/C=C/C(=O)O.Oc1cccc2[nH]cc(CCN3CCC3)c12. The van der Waals surface area contributed by atoms with Gasteiger partial charge in [-0.25, -0.2) is 9.59 Å². The number of aromatic amines is 1. The van der Waals surface area contributed by atoms with Crippen LogP contribution < -0.4 is 0 Å². The van der Waals surface area contributed by atoms with Crippen LogP contribution in [0.15, 0.2) is 36.5 Å². The molecule has 1 fully saturated rings. The molecule has 0 unspecified atom stereocenters. The van der Waals surface area contributed by atoms with E-state index in [0.29, 0.717) is 17.9 Å². The fourth-order valence-corrected chi connectivity index (χ4v) is 2.46. The van der Waals surface area contributed by atoms with Crippen LogP contribution in [0.1, 0.15) is 12.0 Å². The summed E-state index contributed by atoms with van der Waals surface area (Å²) in [6.45, 7) is 3.56. The Morgan fingerprint density at radius 2 is 1.83 bits per heavy atom. The Kier molecular flexibility index (Phi) is 5.97. The van der Waals surface area contributed by atoms with Crippen molar-refractivity contribution in [1.82, 2.24) is 9.88 Å². The molecule has 2 heterocycles. The highest BCUT2D eigenvalue weighted by Crippen LogP contribution is 2.28. The third-order valence-electron chi connectivity index (χ3n) is 3.78. The van der Waals surface area contributed by atoms with E-state index in [4.69, 9.17) is 10.2 Å². The van der Waals surface area contributed by atoms with E-state index in [2.05, 4.69) is 9.88 Å². The van der Waals surface area contributed by atoms with Crippen LogP contribution >= 0.6 is 0 Å². The van der Waals surface area contributed by atoms with Crippen molar-refractivity contribution in [3.63, 3.8) is 0 Å². The fraction of sp³-hybridized carbons (Fsp3) is 0.294. The van der Waals surface area contributed by atoms with Gasteiger partial charge in [0.25, 0.3) is 0 Å². The van der Waals surface area contributed by atoms with E-state index in [0.717, 1.165) is 23.9 Å². The summed E-state index contributed by atoms with van der Waals surface area (Å²) in [4.78, 5) is 24.8. The first-order valence-electron chi connectivity index (χ1n) is 7.61. The van der Waals surface area contributed by atoms with Gasteiger partial charge in [-0.05, 0) is 43.6 Å². The van der Waals surface area contributed by atoms with Gasteiger partial charge in [0.05, 0.1) is 0 Å². The summed E-state index contributed by atoms with van der Waals surface area (Å²) in [6.07, 6.45) is 5.48. The number of H-pyrrole nitrogens is 1. The van der Waals surface area contributed by atoms with Crippen molar-refractivity contribution in [2.24, 2.45) is 0 Å². The number of likely N-dealkylation sites (tertiary alicyclic amines) is 1. The van der Waals surface area contributed by atoms with Gasteiger partial charge in [-0.2, -0.15) is 0 Å². The third kappa shape index (κ3) is 4.85. The lowest BCUT2D eigenvalue weighted by atomic mass is 10.1. The molecule has 1 aromatic heterocycles. The molecule has 1 aromatic carbocycles. The van der Waals surface area contributed by atoms with Gasteiger partial charge in [0.1, 0.15) is 5.75 Å². The van der Waals surface area contributed by atoms with Crippen LogP contribution in [0, 0.1) is 0 Å². The van der Waals surface area contributed by atoms with Crippen LogP contribution in [-0.2, 0) is 16.0 Å².